The van der Waals surface area contributed by atoms with Crippen LogP contribution in [0.25, 0.3) is 0 Å². The van der Waals surface area contributed by atoms with Gasteiger partial charge in [0.25, 0.3) is 0 Å². The Balaban J connectivity index is 1.98. The summed E-state index contributed by atoms with van der Waals surface area (Å²) in [5, 5.41) is 0. The molecule has 0 aromatic heterocycles. The van der Waals surface area contributed by atoms with Gasteiger partial charge >= 0.3 is 5.97 Å². The Bertz CT molecular complexity index is 702. The Hall–Kier alpha value is -1.20. The molecule has 1 spiro atoms. The molecular weight excluding hydrogens is 372 g/mol. The van der Waals surface area contributed by atoms with Crippen molar-refractivity contribution in [1.82, 2.24) is 0 Å². The lowest BCUT2D eigenvalue weighted by molar-refractivity contribution is -0.157. The molecule has 0 amide bonds. The lowest BCUT2D eigenvalue weighted by Gasteiger charge is -2.33. The van der Waals surface area contributed by atoms with Crippen LogP contribution >= 0.6 is 15.9 Å². The maximum absolute atomic E-state index is 13.2. The fraction of sp³-hybridized carbons (Fsp3) is 0.579. The van der Waals surface area contributed by atoms with Crippen molar-refractivity contribution in [3.63, 3.8) is 0 Å². The summed E-state index contributed by atoms with van der Waals surface area (Å²) >= 11 is 3.58. The van der Waals surface area contributed by atoms with Crippen LogP contribution in [0.3, 0.4) is 0 Å². The number of esters is 1. The van der Waals surface area contributed by atoms with Crippen molar-refractivity contribution in [1.29, 1.82) is 0 Å². The van der Waals surface area contributed by atoms with E-state index in [4.69, 9.17) is 9.47 Å². The largest absolute Gasteiger partial charge is 0.450 e. The zero-order chi connectivity index (χ0) is 17.6. The summed E-state index contributed by atoms with van der Waals surface area (Å²) in [7, 11) is 1.69. The number of ketones is 1. The number of Topliss-reactive ketones (excluding diaryl/α,β-unsaturated/α-hetero) is 1. The van der Waals surface area contributed by atoms with Crippen molar-refractivity contribution >= 4 is 27.7 Å². The highest BCUT2D eigenvalue weighted by molar-refractivity contribution is 9.10. The fourth-order valence-corrected chi connectivity index (χ4v) is 4.51. The van der Waals surface area contributed by atoms with Crippen LogP contribution in [0, 0.1) is 20.8 Å². The summed E-state index contributed by atoms with van der Waals surface area (Å²) in [6.07, 6.45) is 2.75. The van der Waals surface area contributed by atoms with Crippen molar-refractivity contribution in [2.45, 2.75) is 64.1 Å². The topological polar surface area (TPSA) is 52.6 Å². The van der Waals surface area contributed by atoms with E-state index in [1.807, 2.05) is 26.8 Å². The first-order valence-corrected chi connectivity index (χ1v) is 9.16. The van der Waals surface area contributed by atoms with Crippen molar-refractivity contribution < 1.29 is 19.1 Å². The first kappa shape index (κ1) is 17.6. The van der Waals surface area contributed by atoms with Crippen LogP contribution in [0.4, 0.5) is 0 Å². The van der Waals surface area contributed by atoms with Crippen molar-refractivity contribution in [3.05, 3.63) is 32.8 Å². The summed E-state index contributed by atoms with van der Waals surface area (Å²) in [4.78, 5) is 25.8. The minimum Gasteiger partial charge on any atom is -0.450 e. The second kappa shape index (κ2) is 6.26. The SMILES string of the molecule is COC1CCC2(CC1)OC(=O)C(c1c(C)cc(C)c(Br)c1C)C2=O. The Kier molecular flexibility index (Phi) is 4.60. The van der Waals surface area contributed by atoms with E-state index >= 15 is 0 Å². The predicted octanol–water partition coefficient (Wildman–Crippen LogP) is 3.91. The van der Waals surface area contributed by atoms with Crippen LogP contribution in [0.2, 0.25) is 0 Å². The molecule has 1 aromatic rings. The Morgan fingerprint density at radius 2 is 1.79 bits per heavy atom. The highest BCUT2D eigenvalue weighted by atomic mass is 79.9. The summed E-state index contributed by atoms with van der Waals surface area (Å²) < 4.78 is 12.0. The molecule has 1 heterocycles. The lowest BCUT2D eigenvalue weighted by Crippen LogP contribution is -2.42. The summed E-state index contributed by atoms with van der Waals surface area (Å²) in [6, 6.07) is 2.01. The zero-order valence-corrected chi connectivity index (χ0v) is 16.2. The average Bonchev–Trinajstić information content (AvgIpc) is 2.78. The van der Waals surface area contributed by atoms with E-state index < -0.39 is 17.5 Å². The maximum Gasteiger partial charge on any atom is 0.322 e. The van der Waals surface area contributed by atoms with Crippen molar-refractivity contribution in [2.24, 2.45) is 0 Å². The third kappa shape index (κ3) is 2.62. The van der Waals surface area contributed by atoms with Gasteiger partial charge in [-0.1, -0.05) is 22.0 Å². The van der Waals surface area contributed by atoms with E-state index in [2.05, 4.69) is 15.9 Å². The highest BCUT2D eigenvalue weighted by Crippen LogP contribution is 2.45. The molecule has 1 unspecified atom stereocenters. The van der Waals surface area contributed by atoms with Crippen LogP contribution in [-0.2, 0) is 19.1 Å². The summed E-state index contributed by atoms with van der Waals surface area (Å²) in [5.74, 6) is -1.29. The molecule has 0 radical (unpaired) electrons. The number of halogens is 1. The molecule has 1 aromatic carbocycles. The van der Waals surface area contributed by atoms with Gasteiger partial charge in [0.1, 0.15) is 5.92 Å². The minimum atomic E-state index is -0.951. The Morgan fingerprint density at radius 3 is 2.38 bits per heavy atom. The molecule has 1 aliphatic heterocycles. The molecule has 1 atom stereocenters. The van der Waals surface area contributed by atoms with Gasteiger partial charge in [-0.05, 0) is 68.7 Å². The number of rotatable bonds is 2. The molecule has 1 saturated carbocycles. The van der Waals surface area contributed by atoms with E-state index in [9.17, 15) is 9.59 Å². The molecule has 1 saturated heterocycles. The highest BCUT2D eigenvalue weighted by Gasteiger charge is 2.57. The van der Waals surface area contributed by atoms with Crippen molar-refractivity contribution in [3.8, 4) is 0 Å². The number of methoxy groups -OCH3 is 1. The van der Waals surface area contributed by atoms with Crippen LogP contribution < -0.4 is 0 Å². The Labute approximate surface area is 151 Å². The molecule has 0 bridgehead atoms. The van der Waals surface area contributed by atoms with Gasteiger partial charge in [0.2, 0.25) is 0 Å². The number of hydrogen-bond donors (Lipinski definition) is 0. The number of carbonyl (C=O) groups is 2. The van der Waals surface area contributed by atoms with Gasteiger partial charge in [-0.25, -0.2) is 0 Å². The number of benzene rings is 1. The Morgan fingerprint density at radius 1 is 1.17 bits per heavy atom. The van der Waals surface area contributed by atoms with E-state index in [1.165, 1.54) is 0 Å². The first-order valence-electron chi connectivity index (χ1n) is 8.37. The molecule has 1 aliphatic carbocycles. The van der Waals surface area contributed by atoms with Gasteiger partial charge in [0.05, 0.1) is 6.10 Å². The van der Waals surface area contributed by atoms with Gasteiger partial charge in [-0.15, -0.1) is 0 Å². The third-order valence-corrected chi connectivity index (χ3v) is 6.76. The number of carbonyl (C=O) groups excluding carboxylic acids is 2. The lowest BCUT2D eigenvalue weighted by atomic mass is 9.76. The molecular formula is C19H23BrO4. The first-order chi connectivity index (χ1) is 11.3. The quantitative estimate of drug-likeness (QED) is 0.563. The molecule has 24 heavy (non-hydrogen) atoms. The zero-order valence-electron chi connectivity index (χ0n) is 14.6. The number of ether oxygens (including phenoxy) is 2. The average molecular weight is 395 g/mol. The number of aryl methyl sites for hydroxylation is 2. The minimum absolute atomic E-state index is 0.0796. The van der Waals surface area contributed by atoms with Gasteiger partial charge in [0, 0.05) is 11.6 Å². The maximum atomic E-state index is 13.2. The third-order valence-electron chi connectivity index (χ3n) is 5.54. The monoisotopic (exact) mass is 394 g/mol. The standard InChI is InChI=1S/C19H23BrO4/c1-10-9-11(2)16(20)12(3)14(10)15-17(21)19(24-18(15)22)7-5-13(23-4)6-8-19/h9,13,15H,5-8H2,1-4H3. The normalized spacial score (nSPS) is 30.0. The van der Waals surface area contributed by atoms with Gasteiger partial charge < -0.3 is 9.47 Å². The van der Waals surface area contributed by atoms with Crippen LogP contribution in [0.1, 0.15) is 53.9 Å². The van der Waals surface area contributed by atoms with Crippen LogP contribution in [0.15, 0.2) is 10.5 Å². The van der Waals surface area contributed by atoms with E-state index in [0.29, 0.717) is 12.8 Å². The van der Waals surface area contributed by atoms with Crippen molar-refractivity contribution in [2.75, 3.05) is 7.11 Å². The molecule has 2 aliphatic rings. The smallest absolute Gasteiger partial charge is 0.322 e. The predicted molar refractivity (Wildman–Crippen MR) is 94.2 cm³/mol. The van der Waals surface area contributed by atoms with Gasteiger partial charge in [0.15, 0.2) is 11.4 Å². The molecule has 5 heteroatoms. The molecule has 3 rings (SSSR count). The fourth-order valence-electron chi connectivity index (χ4n) is 4.18. The summed E-state index contributed by atoms with van der Waals surface area (Å²) in [5.41, 5.74) is 2.86. The van der Waals surface area contributed by atoms with E-state index in [1.54, 1.807) is 7.11 Å². The van der Waals surface area contributed by atoms with E-state index in [-0.39, 0.29) is 11.9 Å². The van der Waals surface area contributed by atoms with Gasteiger partial charge in [-0.3, -0.25) is 9.59 Å². The molecule has 130 valence electrons. The summed E-state index contributed by atoms with van der Waals surface area (Å²) in [6.45, 7) is 5.91. The molecule has 0 N–H and O–H groups in total. The second-order valence-electron chi connectivity index (χ2n) is 7.01. The van der Waals surface area contributed by atoms with Crippen LogP contribution in [0.5, 0.6) is 0 Å². The molecule has 4 nitrogen and oxygen atoms in total. The molecule has 2 fully saturated rings. The van der Waals surface area contributed by atoms with Crippen LogP contribution in [-0.4, -0.2) is 30.6 Å². The van der Waals surface area contributed by atoms with Gasteiger partial charge in [-0.2, -0.15) is 0 Å². The van der Waals surface area contributed by atoms with E-state index in [0.717, 1.165) is 39.6 Å². The number of hydrogen-bond acceptors (Lipinski definition) is 4. The second-order valence-corrected chi connectivity index (χ2v) is 7.80.